The molecule has 0 bridgehead atoms. The Balaban J connectivity index is 2.82. The van der Waals surface area contributed by atoms with Gasteiger partial charge in [0, 0.05) is 6.04 Å². The van der Waals surface area contributed by atoms with E-state index in [1.54, 1.807) is 12.3 Å². The number of hydrogen-bond donors (Lipinski definition) is 2. The third kappa shape index (κ3) is 3.27. The Morgan fingerprint density at radius 2 is 2.07 bits per heavy atom. The molecule has 1 heterocycles. The summed E-state index contributed by atoms with van der Waals surface area (Å²) < 4.78 is 0. The Labute approximate surface area is 96.0 Å². The summed E-state index contributed by atoms with van der Waals surface area (Å²) in [5, 5.41) is 3.84. The number of nitrogens with two attached hydrogens (primary N) is 1. The molecule has 84 valence electrons. The molecule has 3 nitrogen and oxygen atoms in total. The summed E-state index contributed by atoms with van der Waals surface area (Å²) in [4.78, 5) is 4.16. The highest BCUT2D eigenvalue weighted by atomic mass is 35.5. The molecule has 0 aliphatic heterocycles. The van der Waals surface area contributed by atoms with Gasteiger partial charge in [-0.3, -0.25) is 0 Å². The number of halogens is 1. The normalized spacial score (nSPS) is 13.7. The Bertz CT molecular complexity index is 344. The average Bonchev–Trinajstić information content (AvgIpc) is 2.08. The van der Waals surface area contributed by atoms with Crippen LogP contribution in [0.3, 0.4) is 0 Å². The lowest BCUT2D eigenvalue weighted by Gasteiger charge is -2.28. The molecule has 1 atom stereocenters. The van der Waals surface area contributed by atoms with Crippen LogP contribution in [0, 0.1) is 5.41 Å². The quantitative estimate of drug-likeness (QED) is 0.816. The van der Waals surface area contributed by atoms with E-state index in [-0.39, 0.29) is 11.5 Å². The minimum atomic E-state index is 0.159. The van der Waals surface area contributed by atoms with Gasteiger partial charge in [0.05, 0.1) is 16.9 Å². The highest BCUT2D eigenvalue weighted by Crippen LogP contribution is 2.26. The average molecular weight is 228 g/mol. The number of hydrogen-bond acceptors (Lipinski definition) is 3. The van der Waals surface area contributed by atoms with E-state index in [0.717, 1.165) is 0 Å². The lowest BCUT2D eigenvalue weighted by molar-refractivity contribution is 0.359. The molecule has 0 aromatic carbocycles. The molecule has 0 aliphatic rings. The highest BCUT2D eigenvalue weighted by molar-refractivity contribution is 6.33. The van der Waals surface area contributed by atoms with Crippen molar-refractivity contribution in [2.24, 2.45) is 5.41 Å². The summed E-state index contributed by atoms with van der Waals surface area (Å²) in [7, 11) is 0. The fourth-order valence-corrected chi connectivity index (χ4v) is 1.21. The van der Waals surface area contributed by atoms with Gasteiger partial charge in [0.25, 0.3) is 0 Å². The number of rotatable bonds is 2. The van der Waals surface area contributed by atoms with Crippen LogP contribution in [0.5, 0.6) is 0 Å². The van der Waals surface area contributed by atoms with Crippen LogP contribution >= 0.6 is 11.6 Å². The first kappa shape index (κ1) is 12.1. The highest BCUT2D eigenvalue weighted by Gasteiger charge is 2.20. The molecule has 15 heavy (non-hydrogen) atoms. The molecule has 0 spiro atoms. The molecule has 0 fully saturated rings. The standard InChI is InChI=1S/C11H18ClN3/c1-7(11(2,3)4)15-10-9(12)5-8(13)6-14-10/h5-7H,13H2,1-4H3,(H,14,15). The van der Waals surface area contributed by atoms with E-state index >= 15 is 0 Å². The Kier molecular flexibility index (Phi) is 3.45. The van der Waals surface area contributed by atoms with E-state index < -0.39 is 0 Å². The molecular formula is C11H18ClN3. The maximum atomic E-state index is 6.02. The third-order valence-electron chi connectivity index (χ3n) is 2.51. The van der Waals surface area contributed by atoms with Gasteiger partial charge in [-0.05, 0) is 18.4 Å². The van der Waals surface area contributed by atoms with Crippen molar-refractivity contribution < 1.29 is 0 Å². The number of pyridine rings is 1. The van der Waals surface area contributed by atoms with E-state index in [1.807, 2.05) is 0 Å². The number of nitrogen functional groups attached to an aromatic ring is 1. The largest absolute Gasteiger partial charge is 0.397 e. The van der Waals surface area contributed by atoms with Crippen LogP contribution in [-0.4, -0.2) is 11.0 Å². The number of aromatic nitrogens is 1. The first-order valence-electron chi connectivity index (χ1n) is 4.98. The minimum Gasteiger partial charge on any atom is -0.397 e. The Hall–Kier alpha value is -0.960. The van der Waals surface area contributed by atoms with Gasteiger partial charge < -0.3 is 11.1 Å². The van der Waals surface area contributed by atoms with E-state index in [1.165, 1.54) is 0 Å². The van der Waals surface area contributed by atoms with Crippen LogP contribution in [0.1, 0.15) is 27.7 Å². The molecule has 0 saturated heterocycles. The minimum absolute atomic E-state index is 0.159. The SMILES string of the molecule is CC(Nc1ncc(N)cc1Cl)C(C)(C)C. The van der Waals surface area contributed by atoms with Crippen molar-refractivity contribution in [2.75, 3.05) is 11.1 Å². The summed E-state index contributed by atoms with van der Waals surface area (Å²) in [6.45, 7) is 8.59. The molecule has 0 saturated carbocycles. The van der Waals surface area contributed by atoms with Gasteiger partial charge in [-0.2, -0.15) is 0 Å². The van der Waals surface area contributed by atoms with Gasteiger partial charge in [-0.25, -0.2) is 4.98 Å². The lowest BCUT2D eigenvalue weighted by atomic mass is 9.88. The van der Waals surface area contributed by atoms with E-state index in [2.05, 4.69) is 38.0 Å². The van der Waals surface area contributed by atoms with Crippen LogP contribution in [0.15, 0.2) is 12.3 Å². The van der Waals surface area contributed by atoms with Crippen molar-refractivity contribution >= 4 is 23.1 Å². The van der Waals surface area contributed by atoms with Crippen molar-refractivity contribution in [1.82, 2.24) is 4.98 Å². The van der Waals surface area contributed by atoms with Crippen LogP contribution < -0.4 is 11.1 Å². The molecule has 0 radical (unpaired) electrons. The van der Waals surface area contributed by atoms with Crippen LogP contribution in [-0.2, 0) is 0 Å². The first-order chi connectivity index (χ1) is 6.80. The number of anilines is 2. The molecule has 4 heteroatoms. The molecule has 0 amide bonds. The predicted octanol–water partition coefficient (Wildman–Crippen LogP) is 3.16. The lowest BCUT2D eigenvalue weighted by Crippen LogP contribution is -2.31. The third-order valence-corrected chi connectivity index (χ3v) is 2.80. The van der Waals surface area contributed by atoms with Gasteiger partial charge in [0.15, 0.2) is 0 Å². The molecule has 3 N–H and O–H groups in total. The number of nitrogens with one attached hydrogen (secondary N) is 1. The molecular weight excluding hydrogens is 210 g/mol. The first-order valence-corrected chi connectivity index (χ1v) is 5.36. The second-order valence-electron chi connectivity index (χ2n) is 4.83. The van der Waals surface area contributed by atoms with Crippen molar-refractivity contribution in [3.05, 3.63) is 17.3 Å². The summed E-state index contributed by atoms with van der Waals surface area (Å²) >= 11 is 6.02. The maximum Gasteiger partial charge on any atom is 0.145 e. The zero-order valence-corrected chi connectivity index (χ0v) is 10.4. The van der Waals surface area contributed by atoms with Crippen LogP contribution in [0.4, 0.5) is 11.5 Å². The summed E-state index contributed by atoms with van der Waals surface area (Å²) in [6, 6.07) is 1.98. The van der Waals surface area contributed by atoms with E-state index in [4.69, 9.17) is 17.3 Å². The summed E-state index contributed by atoms with van der Waals surface area (Å²) in [6.07, 6.45) is 1.60. The van der Waals surface area contributed by atoms with Crippen molar-refractivity contribution in [2.45, 2.75) is 33.7 Å². The predicted molar refractivity (Wildman–Crippen MR) is 66.2 cm³/mol. The molecule has 1 rings (SSSR count). The van der Waals surface area contributed by atoms with Gasteiger partial charge in [0.2, 0.25) is 0 Å². The maximum absolute atomic E-state index is 6.02. The Morgan fingerprint density at radius 1 is 1.47 bits per heavy atom. The second kappa shape index (κ2) is 4.27. The topological polar surface area (TPSA) is 50.9 Å². The molecule has 0 aliphatic carbocycles. The fraction of sp³-hybridized carbons (Fsp3) is 0.545. The van der Waals surface area contributed by atoms with Gasteiger partial charge in [-0.1, -0.05) is 32.4 Å². The zero-order valence-electron chi connectivity index (χ0n) is 9.63. The van der Waals surface area contributed by atoms with Gasteiger partial charge in [0.1, 0.15) is 5.82 Å². The van der Waals surface area contributed by atoms with Gasteiger partial charge in [-0.15, -0.1) is 0 Å². The van der Waals surface area contributed by atoms with E-state index in [9.17, 15) is 0 Å². The van der Waals surface area contributed by atoms with Crippen LogP contribution in [0.2, 0.25) is 5.02 Å². The van der Waals surface area contributed by atoms with Crippen molar-refractivity contribution in [3.8, 4) is 0 Å². The smallest absolute Gasteiger partial charge is 0.145 e. The van der Waals surface area contributed by atoms with Crippen molar-refractivity contribution in [3.63, 3.8) is 0 Å². The monoisotopic (exact) mass is 227 g/mol. The van der Waals surface area contributed by atoms with Crippen molar-refractivity contribution in [1.29, 1.82) is 0 Å². The Morgan fingerprint density at radius 3 is 2.53 bits per heavy atom. The molecule has 1 aromatic heterocycles. The summed E-state index contributed by atoms with van der Waals surface area (Å²) in [5.41, 5.74) is 6.31. The fourth-order valence-electron chi connectivity index (χ4n) is 0.981. The molecule has 1 unspecified atom stereocenters. The van der Waals surface area contributed by atoms with Gasteiger partial charge >= 0.3 is 0 Å². The number of nitrogens with zero attached hydrogens (tertiary/aromatic N) is 1. The second-order valence-corrected chi connectivity index (χ2v) is 5.24. The summed E-state index contributed by atoms with van der Waals surface area (Å²) in [5.74, 6) is 0.688. The van der Waals surface area contributed by atoms with Crippen LogP contribution in [0.25, 0.3) is 0 Å². The molecule has 1 aromatic rings. The zero-order chi connectivity index (χ0) is 11.6. The van der Waals surface area contributed by atoms with E-state index in [0.29, 0.717) is 16.5 Å².